The average Bonchev–Trinajstić information content (AvgIpc) is 3.46. The van der Waals surface area contributed by atoms with Gasteiger partial charge in [0, 0.05) is 17.3 Å². The second kappa shape index (κ2) is 8.26. The molecule has 2 aliphatic carbocycles. The Hall–Kier alpha value is -2.22. The fourth-order valence-corrected chi connectivity index (χ4v) is 5.36. The molecule has 1 saturated carbocycles. The van der Waals surface area contributed by atoms with Gasteiger partial charge < -0.3 is 15.0 Å². The summed E-state index contributed by atoms with van der Waals surface area (Å²) >= 11 is 1.59. The van der Waals surface area contributed by atoms with E-state index in [2.05, 4.69) is 22.2 Å². The number of esters is 1. The number of thiophene rings is 1. The number of fused-ring (bicyclic) bond motifs is 3. The largest absolute Gasteiger partial charge is 0.456 e. The molecule has 1 fully saturated rings. The summed E-state index contributed by atoms with van der Waals surface area (Å²) in [6.07, 6.45) is 5.66. The zero-order valence-electron chi connectivity index (χ0n) is 16.9. The second-order valence-corrected chi connectivity index (χ2v) is 9.48. The summed E-state index contributed by atoms with van der Waals surface area (Å²) in [4.78, 5) is 45.8. The van der Waals surface area contributed by atoms with Gasteiger partial charge in [-0.1, -0.05) is 6.92 Å². The van der Waals surface area contributed by atoms with Crippen LogP contribution in [0.15, 0.2) is 4.79 Å². The number of carbonyl (C=O) groups excluding carboxylic acids is 2. The van der Waals surface area contributed by atoms with E-state index in [0.29, 0.717) is 23.0 Å². The lowest BCUT2D eigenvalue weighted by Crippen LogP contribution is -2.37. The van der Waals surface area contributed by atoms with E-state index < -0.39 is 5.97 Å². The molecular weight excluding hydrogens is 390 g/mol. The van der Waals surface area contributed by atoms with Crippen molar-refractivity contribution in [3.05, 3.63) is 26.6 Å². The number of amides is 1. The first-order valence-electron chi connectivity index (χ1n) is 10.4. The monoisotopic (exact) mass is 417 g/mol. The van der Waals surface area contributed by atoms with Crippen molar-refractivity contribution in [1.29, 1.82) is 0 Å². The highest BCUT2D eigenvalue weighted by atomic mass is 32.1. The Morgan fingerprint density at radius 3 is 2.90 bits per heavy atom. The van der Waals surface area contributed by atoms with Crippen LogP contribution in [0.1, 0.15) is 55.8 Å². The number of hydrogen-bond acceptors (Lipinski definition) is 6. The second-order valence-electron chi connectivity index (χ2n) is 8.40. The molecule has 0 bridgehead atoms. The molecule has 2 atom stereocenters. The molecule has 7 nitrogen and oxygen atoms in total. The quantitative estimate of drug-likeness (QED) is 0.674. The number of aryl methyl sites for hydroxylation is 2. The molecule has 2 aliphatic rings. The van der Waals surface area contributed by atoms with Gasteiger partial charge in [-0.2, -0.15) is 0 Å². The molecule has 2 heterocycles. The normalized spacial score (nSPS) is 19.6. The van der Waals surface area contributed by atoms with E-state index in [9.17, 15) is 14.4 Å². The number of aromatic amines is 1. The Balaban J connectivity index is 1.33. The summed E-state index contributed by atoms with van der Waals surface area (Å²) < 4.78 is 5.05. The third-order valence-electron chi connectivity index (χ3n) is 5.86. The van der Waals surface area contributed by atoms with Crippen LogP contribution in [0.5, 0.6) is 0 Å². The molecule has 29 heavy (non-hydrogen) atoms. The Morgan fingerprint density at radius 2 is 2.14 bits per heavy atom. The number of ether oxygens (including phenoxy) is 1. The third-order valence-corrected chi connectivity index (χ3v) is 7.01. The van der Waals surface area contributed by atoms with Crippen LogP contribution in [0.25, 0.3) is 10.2 Å². The van der Waals surface area contributed by atoms with E-state index in [0.717, 1.165) is 42.5 Å². The first-order valence-corrected chi connectivity index (χ1v) is 11.2. The molecule has 8 heteroatoms. The van der Waals surface area contributed by atoms with Crippen molar-refractivity contribution in [3.63, 3.8) is 0 Å². The molecule has 156 valence electrons. The zero-order valence-corrected chi connectivity index (χ0v) is 17.7. The van der Waals surface area contributed by atoms with Crippen molar-refractivity contribution in [2.45, 2.75) is 64.8 Å². The minimum atomic E-state index is -0.471. The maximum absolute atomic E-state index is 12.6. The lowest BCUT2D eigenvalue weighted by Gasteiger charge is -2.17. The van der Waals surface area contributed by atoms with Crippen molar-refractivity contribution in [3.8, 4) is 0 Å². The molecule has 0 radical (unpaired) electrons. The molecular formula is C21H27N3O4S. The van der Waals surface area contributed by atoms with Crippen LogP contribution in [0.3, 0.4) is 0 Å². The van der Waals surface area contributed by atoms with E-state index in [1.54, 1.807) is 11.3 Å². The van der Waals surface area contributed by atoms with Crippen molar-refractivity contribution < 1.29 is 14.3 Å². The van der Waals surface area contributed by atoms with Gasteiger partial charge in [0.15, 0.2) is 6.61 Å². The summed E-state index contributed by atoms with van der Waals surface area (Å²) in [5.41, 5.74) is 1.02. The van der Waals surface area contributed by atoms with Gasteiger partial charge in [0.25, 0.3) is 11.5 Å². The zero-order chi connectivity index (χ0) is 20.5. The van der Waals surface area contributed by atoms with Gasteiger partial charge in [-0.05, 0) is 56.4 Å². The SMILES string of the molecule is C[C@H]1CCc2c(sc3nc(CCC(=O)OCC(=O)N[C@H](C)C4CC4)[nH]c(=O)c23)C1. The summed E-state index contributed by atoms with van der Waals surface area (Å²) in [6.45, 7) is 3.93. The first-order chi connectivity index (χ1) is 13.9. The Labute approximate surface area is 173 Å². The Kier molecular flexibility index (Phi) is 5.72. The van der Waals surface area contributed by atoms with Crippen LogP contribution in [0.2, 0.25) is 0 Å². The Bertz CT molecular complexity index is 992. The smallest absolute Gasteiger partial charge is 0.306 e. The molecule has 4 rings (SSSR count). The molecule has 2 aromatic rings. The maximum atomic E-state index is 12.6. The van der Waals surface area contributed by atoms with Crippen LogP contribution in [-0.4, -0.2) is 34.5 Å². The van der Waals surface area contributed by atoms with Gasteiger partial charge in [-0.15, -0.1) is 11.3 Å². The van der Waals surface area contributed by atoms with E-state index in [1.165, 1.54) is 4.88 Å². The summed E-state index contributed by atoms with van der Waals surface area (Å²) in [7, 11) is 0. The van der Waals surface area contributed by atoms with E-state index in [1.807, 2.05) is 6.92 Å². The van der Waals surface area contributed by atoms with Crippen LogP contribution in [0.4, 0.5) is 0 Å². The van der Waals surface area contributed by atoms with E-state index >= 15 is 0 Å². The van der Waals surface area contributed by atoms with Crippen molar-refractivity contribution in [2.24, 2.45) is 11.8 Å². The lowest BCUT2D eigenvalue weighted by molar-refractivity contribution is -0.148. The van der Waals surface area contributed by atoms with Gasteiger partial charge in [0.1, 0.15) is 10.7 Å². The van der Waals surface area contributed by atoms with Crippen molar-refractivity contribution >= 4 is 33.4 Å². The number of H-pyrrole nitrogens is 1. The lowest BCUT2D eigenvalue weighted by atomic mass is 9.89. The van der Waals surface area contributed by atoms with Crippen LogP contribution < -0.4 is 10.9 Å². The highest BCUT2D eigenvalue weighted by molar-refractivity contribution is 7.18. The number of nitrogens with one attached hydrogen (secondary N) is 2. The van der Waals surface area contributed by atoms with Gasteiger partial charge in [-0.3, -0.25) is 14.4 Å². The summed E-state index contributed by atoms with van der Waals surface area (Å²) in [6, 6.07) is 0.127. The number of carbonyl (C=O) groups is 2. The molecule has 1 amide bonds. The highest BCUT2D eigenvalue weighted by Gasteiger charge is 2.29. The molecule has 0 unspecified atom stereocenters. The molecule has 2 N–H and O–H groups in total. The fourth-order valence-electron chi connectivity index (χ4n) is 3.96. The molecule has 0 aromatic carbocycles. The van der Waals surface area contributed by atoms with Gasteiger partial charge in [0.05, 0.1) is 11.8 Å². The van der Waals surface area contributed by atoms with Crippen molar-refractivity contribution in [2.75, 3.05) is 6.61 Å². The van der Waals surface area contributed by atoms with Crippen molar-refractivity contribution in [1.82, 2.24) is 15.3 Å². The molecule has 0 saturated heterocycles. The predicted octanol–water partition coefficient (Wildman–Crippen LogP) is 2.50. The molecule has 0 aliphatic heterocycles. The van der Waals surface area contributed by atoms with Crippen LogP contribution in [-0.2, 0) is 33.6 Å². The van der Waals surface area contributed by atoms with Crippen LogP contribution >= 0.6 is 11.3 Å². The first kappa shape index (κ1) is 20.1. The third kappa shape index (κ3) is 4.69. The molecule has 2 aromatic heterocycles. The number of aromatic nitrogens is 2. The molecule has 0 spiro atoms. The fraction of sp³-hybridized carbons (Fsp3) is 0.619. The van der Waals surface area contributed by atoms with Gasteiger partial charge >= 0.3 is 5.97 Å². The topological polar surface area (TPSA) is 101 Å². The number of rotatable bonds is 7. The number of nitrogens with zero attached hydrogens (tertiary/aromatic N) is 1. The highest BCUT2D eigenvalue weighted by Crippen LogP contribution is 2.35. The van der Waals surface area contributed by atoms with E-state index in [4.69, 9.17) is 4.74 Å². The minimum absolute atomic E-state index is 0.0715. The van der Waals surface area contributed by atoms with Crippen LogP contribution in [0, 0.1) is 11.8 Å². The summed E-state index contributed by atoms with van der Waals surface area (Å²) in [5.74, 6) is 0.926. The Morgan fingerprint density at radius 1 is 1.34 bits per heavy atom. The van der Waals surface area contributed by atoms with Gasteiger partial charge in [-0.25, -0.2) is 4.98 Å². The maximum Gasteiger partial charge on any atom is 0.306 e. The minimum Gasteiger partial charge on any atom is -0.456 e. The van der Waals surface area contributed by atoms with E-state index in [-0.39, 0.29) is 37.0 Å². The summed E-state index contributed by atoms with van der Waals surface area (Å²) in [5, 5.41) is 3.56. The number of hydrogen-bond donors (Lipinski definition) is 2. The predicted molar refractivity (Wildman–Crippen MR) is 111 cm³/mol. The standard InChI is InChI=1S/C21H27N3O4S/c1-11-3-6-14-15(9-11)29-21-19(14)20(27)23-16(24-21)7-8-18(26)28-10-17(25)22-12(2)13-4-5-13/h11-13H,3-10H2,1-2H3,(H,22,25)(H,23,24,27)/t11-,12+/m0/s1. The van der Waals surface area contributed by atoms with Gasteiger partial charge in [0.2, 0.25) is 0 Å². The average molecular weight is 418 g/mol.